The molecule has 3 heteroatoms. The summed E-state index contributed by atoms with van der Waals surface area (Å²) in [4.78, 5) is 0. The van der Waals surface area contributed by atoms with Crippen molar-refractivity contribution >= 4 is 12.1 Å². The molecule has 2 aromatic rings. The van der Waals surface area contributed by atoms with Crippen LogP contribution in [-0.2, 0) is 13.1 Å². The lowest BCUT2D eigenvalue weighted by Gasteiger charge is -2.24. The third-order valence-electron chi connectivity index (χ3n) is 2.68. The second kappa shape index (κ2) is 7.34. The van der Waals surface area contributed by atoms with Crippen molar-refractivity contribution in [2.24, 2.45) is 0 Å². The van der Waals surface area contributed by atoms with E-state index in [0.29, 0.717) is 0 Å². The molecule has 0 spiro atoms. The van der Waals surface area contributed by atoms with Crippen LogP contribution in [-0.4, -0.2) is 22.7 Å². The van der Waals surface area contributed by atoms with Crippen molar-refractivity contribution < 1.29 is 0 Å². The first-order valence-electron chi connectivity index (χ1n) is 6.42. The van der Waals surface area contributed by atoms with Crippen molar-refractivity contribution in [2.75, 3.05) is 14.1 Å². The van der Waals surface area contributed by atoms with Crippen LogP contribution in [0.5, 0.6) is 0 Å². The summed E-state index contributed by atoms with van der Waals surface area (Å²) in [6.07, 6.45) is 0. The van der Waals surface area contributed by atoms with Gasteiger partial charge in [0.15, 0.2) is 0 Å². The maximum Gasteiger partial charge on any atom is 0.0356 e. The quantitative estimate of drug-likeness (QED) is 0.738. The van der Waals surface area contributed by atoms with Gasteiger partial charge in [-0.2, -0.15) is 0 Å². The Kier molecular flexibility index (Phi) is 5.45. The lowest BCUT2D eigenvalue weighted by Crippen LogP contribution is -2.20. The number of rotatable bonds is 6. The van der Waals surface area contributed by atoms with Crippen molar-refractivity contribution in [3.05, 3.63) is 71.8 Å². The Morgan fingerprint density at radius 3 is 1.53 bits per heavy atom. The number of hydrogen-bond acceptors (Lipinski definition) is 3. The first-order valence-corrected chi connectivity index (χ1v) is 7.15. The van der Waals surface area contributed by atoms with Gasteiger partial charge in [0.1, 0.15) is 0 Å². The normalized spacial score (nSPS) is 11.2. The van der Waals surface area contributed by atoms with Crippen LogP contribution in [0.2, 0.25) is 0 Å². The largest absolute Gasteiger partial charge is 0.243 e. The highest BCUT2D eigenvalue weighted by Gasteiger charge is 2.09. The Labute approximate surface area is 120 Å². The lowest BCUT2D eigenvalue weighted by molar-refractivity contribution is 0.442. The molecule has 0 N–H and O–H groups in total. The second-order valence-electron chi connectivity index (χ2n) is 4.66. The summed E-state index contributed by atoms with van der Waals surface area (Å²) >= 11 is 1.76. The van der Waals surface area contributed by atoms with Gasteiger partial charge in [0.2, 0.25) is 0 Å². The van der Waals surface area contributed by atoms with Gasteiger partial charge in [-0.1, -0.05) is 60.7 Å². The number of hydrogen-bond donors (Lipinski definition) is 0. The topological polar surface area (TPSA) is 6.48 Å². The van der Waals surface area contributed by atoms with Gasteiger partial charge in [0, 0.05) is 25.2 Å². The zero-order valence-corrected chi connectivity index (χ0v) is 12.3. The van der Waals surface area contributed by atoms with Crippen molar-refractivity contribution in [3.8, 4) is 0 Å². The monoisotopic (exact) mass is 272 g/mol. The summed E-state index contributed by atoms with van der Waals surface area (Å²) in [5.74, 6) is 0. The van der Waals surface area contributed by atoms with Crippen LogP contribution >= 0.6 is 12.1 Å². The van der Waals surface area contributed by atoms with Gasteiger partial charge in [-0.3, -0.25) is 0 Å². The van der Waals surface area contributed by atoms with E-state index in [0.717, 1.165) is 13.1 Å². The minimum atomic E-state index is 0.943. The standard InChI is InChI=1S/C16H20N2S/c1-17(2)19-18(13-15-9-5-3-6-10-15)14-16-11-7-4-8-12-16/h3-12H,13-14H2,1-2H3. The number of nitrogens with zero attached hydrogens (tertiary/aromatic N) is 2. The van der Waals surface area contributed by atoms with Crippen molar-refractivity contribution in [3.63, 3.8) is 0 Å². The molecule has 0 radical (unpaired) electrons. The van der Waals surface area contributed by atoms with Crippen LogP contribution in [0.3, 0.4) is 0 Å². The number of benzene rings is 2. The molecular weight excluding hydrogens is 252 g/mol. The third kappa shape index (κ3) is 5.07. The molecule has 0 amide bonds. The Bertz CT molecular complexity index is 429. The third-order valence-corrected chi connectivity index (χ3v) is 3.50. The molecule has 0 aliphatic rings. The molecule has 0 aliphatic carbocycles. The fraction of sp³-hybridized carbons (Fsp3) is 0.250. The minimum absolute atomic E-state index is 0.943. The van der Waals surface area contributed by atoms with E-state index in [9.17, 15) is 0 Å². The average molecular weight is 272 g/mol. The fourth-order valence-corrected chi connectivity index (χ4v) is 2.79. The first kappa shape index (κ1) is 14.1. The molecule has 0 aromatic heterocycles. The van der Waals surface area contributed by atoms with Crippen molar-refractivity contribution in [1.82, 2.24) is 8.61 Å². The fourth-order valence-electron chi connectivity index (χ4n) is 1.92. The Morgan fingerprint density at radius 2 is 1.16 bits per heavy atom. The van der Waals surface area contributed by atoms with E-state index in [4.69, 9.17) is 0 Å². The van der Waals surface area contributed by atoms with Crippen LogP contribution in [0.25, 0.3) is 0 Å². The Hall–Kier alpha value is -1.29. The predicted molar refractivity (Wildman–Crippen MR) is 83.4 cm³/mol. The smallest absolute Gasteiger partial charge is 0.0356 e. The highest BCUT2D eigenvalue weighted by Crippen LogP contribution is 2.20. The molecule has 100 valence electrons. The van der Waals surface area contributed by atoms with E-state index in [1.807, 2.05) is 0 Å². The van der Waals surface area contributed by atoms with E-state index in [-0.39, 0.29) is 0 Å². The Morgan fingerprint density at radius 1 is 0.737 bits per heavy atom. The van der Waals surface area contributed by atoms with Gasteiger partial charge in [0.25, 0.3) is 0 Å². The highest BCUT2D eigenvalue weighted by atomic mass is 32.2. The molecule has 2 rings (SSSR count). The lowest BCUT2D eigenvalue weighted by atomic mass is 10.2. The average Bonchev–Trinajstić information content (AvgIpc) is 2.40. The summed E-state index contributed by atoms with van der Waals surface area (Å²) in [6, 6.07) is 21.2. The van der Waals surface area contributed by atoms with Crippen LogP contribution in [0, 0.1) is 0 Å². The molecule has 0 saturated carbocycles. The van der Waals surface area contributed by atoms with E-state index in [1.54, 1.807) is 12.1 Å². The van der Waals surface area contributed by atoms with Crippen LogP contribution < -0.4 is 0 Å². The molecular formula is C16H20N2S. The van der Waals surface area contributed by atoms with Gasteiger partial charge in [-0.15, -0.1) is 0 Å². The highest BCUT2D eigenvalue weighted by molar-refractivity contribution is 7.94. The molecule has 19 heavy (non-hydrogen) atoms. The van der Waals surface area contributed by atoms with Crippen molar-refractivity contribution in [2.45, 2.75) is 13.1 Å². The predicted octanol–water partition coefficient (Wildman–Crippen LogP) is 3.81. The summed E-state index contributed by atoms with van der Waals surface area (Å²) in [6.45, 7) is 1.89. The van der Waals surface area contributed by atoms with Gasteiger partial charge in [-0.05, 0) is 25.2 Å². The van der Waals surface area contributed by atoms with Gasteiger partial charge < -0.3 is 0 Å². The minimum Gasteiger partial charge on any atom is -0.243 e. The molecule has 2 nitrogen and oxygen atoms in total. The summed E-state index contributed by atoms with van der Waals surface area (Å²) < 4.78 is 4.50. The van der Waals surface area contributed by atoms with E-state index < -0.39 is 0 Å². The maximum absolute atomic E-state index is 2.37. The SMILES string of the molecule is CN(C)SN(Cc1ccccc1)Cc1ccccc1. The van der Waals surface area contributed by atoms with E-state index in [1.165, 1.54) is 11.1 Å². The summed E-state index contributed by atoms with van der Waals surface area (Å²) in [7, 11) is 4.15. The molecule has 0 saturated heterocycles. The van der Waals surface area contributed by atoms with Crippen LogP contribution in [0.4, 0.5) is 0 Å². The molecule has 0 heterocycles. The maximum atomic E-state index is 2.37. The van der Waals surface area contributed by atoms with Gasteiger partial charge >= 0.3 is 0 Å². The summed E-state index contributed by atoms with van der Waals surface area (Å²) in [5.41, 5.74) is 2.68. The van der Waals surface area contributed by atoms with E-state index >= 15 is 0 Å². The zero-order valence-electron chi connectivity index (χ0n) is 11.5. The first-order chi connectivity index (χ1) is 9.24. The molecule has 0 aliphatic heterocycles. The molecule has 0 bridgehead atoms. The molecule has 2 aromatic carbocycles. The molecule has 0 fully saturated rings. The van der Waals surface area contributed by atoms with E-state index in [2.05, 4.69) is 83.4 Å². The molecule has 0 atom stereocenters. The second-order valence-corrected chi connectivity index (χ2v) is 6.07. The zero-order chi connectivity index (χ0) is 13.5. The molecule has 0 unspecified atom stereocenters. The summed E-state index contributed by atoms with van der Waals surface area (Å²) in [5, 5.41) is 0. The van der Waals surface area contributed by atoms with Crippen LogP contribution in [0.15, 0.2) is 60.7 Å². The Balaban J connectivity index is 2.03. The van der Waals surface area contributed by atoms with Crippen LogP contribution in [0.1, 0.15) is 11.1 Å². The van der Waals surface area contributed by atoms with Crippen molar-refractivity contribution in [1.29, 1.82) is 0 Å². The van der Waals surface area contributed by atoms with Gasteiger partial charge in [-0.25, -0.2) is 8.61 Å². The van der Waals surface area contributed by atoms with Gasteiger partial charge in [0.05, 0.1) is 0 Å².